The van der Waals surface area contributed by atoms with Crippen molar-refractivity contribution in [3.05, 3.63) is 87.9 Å². The van der Waals surface area contributed by atoms with Gasteiger partial charge in [0.2, 0.25) is 0 Å². The average Bonchev–Trinajstić information content (AvgIpc) is 3.28. The van der Waals surface area contributed by atoms with Gasteiger partial charge in [0.25, 0.3) is 10.0 Å². The lowest BCUT2D eigenvalue weighted by Gasteiger charge is -2.26. The Morgan fingerprint density at radius 1 is 1.14 bits per heavy atom. The summed E-state index contributed by atoms with van der Waals surface area (Å²) in [6.07, 6.45) is -2.29. The molecule has 0 saturated carbocycles. The van der Waals surface area contributed by atoms with Gasteiger partial charge in [0.05, 0.1) is 17.4 Å². The molecule has 0 saturated heterocycles. The van der Waals surface area contributed by atoms with Crippen LogP contribution in [0.5, 0.6) is 0 Å². The van der Waals surface area contributed by atoms with Crippen molar-refractivity contribution in [2.75, 3.05) is 5.75 Å². The van der Waals surface area contributed by atoms with E-state index >= 15 is 0 Å². The maximum atomic E-state index is 13.4. The van der Waals surface area contributed by atoms with Crippen molar-refractivity contribution >= 4 is 49.3 Å². The lowest BCUT2D eigenvalue weighted by molar-refractivity contribution is -0.258. The fraction of sp³-hybridized carbons (Fsp3) is 0.231. The Kier molecular flexibility index (Phi) is 7.49. The number of nitrogens with zero attached hydrogens (tertiary/aromatic N) is 2. The molecule has 2 aromatic carbocycles. The number of hydrogen-bond donors (Lipinski definition) is 1. The Balaban J connectivity index is 1.86. The number of hydrogen-bond acceptors (Lipinski definition) is 5. The maximum absolute atomic E-state index is 13.4. The molecule has 0 aliphatic rings. The van der Waals surface area contributed by atoms with Crippen LogP contribution in [0.1, 0.15) is 35.8 Å². The molecule has 0 radical (unpaired) electrons. The number of fused-ring (bicyclic) bond motifs is 1. The molecule has 2 atom stereocenters. The van der Waals surface area contributed by atoms with Gasteiger partial charge in [-0.2, -0.15) is 17.6 Å². The number of alkyl halides is 3. The average molecular weight is 567 g/mol. The fourth-order valence-corrected chi connectivity index (χ4v) is 5.72. The van der Waals surface area contributed by atoms with Crippen LogP contribution in [0.4, 0.5) is 13.2 Å². The van der Waals surface area contributed by atoms with Gasteiger partial charge >= 0.3 is 6.18 Å². The SMILES string of the molecule is CCS(=O)(=O)N=CC(c1cc2cccc(-c3cc([C@@](C)(O)C(F)(F)F)ccn3)c2s1)c1ccccc1Cl. The zero-order chi connectivity index (χ0) is 27.0. The second kappa shape index (κ2) is 10.2. The molecule has 37 heavy (non-hydrogen) atoms. The van der Waals surface area contributed by atoms with Crippen LogP contribution in [0.3, 0.4) is 0 Å². The Bertz CT molecular complexity index is 1580. The summed E-state index contributed by atoms with van der Waals surface area (Å²) in [7, 11) is -3.65. The van der Waals surface area contributed by atoms with Gasteiger partial charge in [-0.05, 0) is 54.6 Å². The van der Waals surface area contributed by atoms with Gasteiger partial charge in [-0.3, -0.25) is 4.98 Å². The highest BCUT2D eigenvalue weighted by Crippen LogP contribution is 2.42. The summed E-state index contributed by atoms with van der Waals surface area (Å²) < 4.78 is 69.1. The minimum absolute atomic E-state index is 0.154. The first-order valence-corrected chi connectivity index (χ1v) is 14.0. The van der Waals surface area contributed by atoms with Crippen molar-refractivity contribution < 1.29 is 26.7 Å². The van der Waals surface area contributed by atoms with Crippen LogP contribution in [0, 0.1) is 0 Å². The lowest BCUT2D eigenvalue weighted by Crippen LogP contribution is -2.39. The van der Waals surface area contributed by atoms with Crippen LogP contribution >= 0.6 is 22.9 Å². The Labute approximate surface area is 221 Å². The standard InChI is InChI=1S/C26H22ClF3N2O3S2/c1-3-37(34,35)32-15-20(18-8-4-5-10-21(18)27)23-13-16-7-6-9-19(24(16)36-23)22-14-17(11-12-31-22)25(2,33)26(28,29)30/h4-15,20,33H,3H2,1-2H3/t20?,25-/m1/s1. The highest BCUT2D eigenvalue weighted by molar-refractivity contribution is 7.90. The summed E-state index contributed by atoms with van der Waals surface area (Å²) in [6, 6.07) is 16.6. The molecule has 0 amide bonds. The second-order valence-electron chi connectivity index (χ2n) is 8.50. The van der Waals surface area contributed by atoms with E-state index in [1.807, 2.05) is 12.1 Å². The predicted octanol–water partition coefficient (Wildman–Crippen LogP) is 6.94. The summed E-state index contributed by atoms with van der Waals surface area (Å²) >= 11 is 7.78. The van der Waals surface area contributed by atoms with E-state index in [0.29, 0.717) is 23.1 Å². The normalized spacial score (nSPS) is 15.2. The lowest BCUT2D eigenvalue weighted by atomic mass is 9.94. The number of halogens is 4. The first kappa shape index (κ1) is 27.3. The van der Waals surface area contributed by atoms with E-state index in [2.05, 4.69) is 9.38 Å². The van der Waals surface area contributed by atoms with Crippen molar-refractivity contribution in [2.45, 2.75) is 31.5 Å². The van der Waals surface area contributed by atoms with E-state index in [9.17, 15) is 26.7 Å². The molecule has 2 heterocycles. The Morgan fingerprint density at radius 3 is 2.54 bits per heavy atom. The number of aromatic nitrogens is 1. The van der Waals surface area contributed by atoms with Crippen LogP contribution in [0.2, 0.25) is 5.02 Å². The molecular formula is C26H22ClF3N2O3S2. The molecule has 4 aromatic rings. The monoisotopic (exact) mass is 566 g/mol. The number of aliphatic hydroxyl groups is 1. The number of rotatable bonds is 7. The van der Waals surface area contributed by atoms with E-state index in [0.717, 1.165) is 21.0 Å². The molecule has 1 unspecified atom stereocenters. The van der Waals surface area contributed by atoms with Crippen molar-refractivity contribution in [1.82, 2.24) is 4.98 Å². The van der Waals surface area contributed by atoms with Gasteiger partial charge < -0.3 is 5.11 Å². The minimum Gasteiger partial charge on any atom is -0.376 e. The molecule has 11 heteroatoms. The number of sulfonamides is 1. The molecule has 0 aliphatic heterocycles. The molecule has 0 fully saturated rings. The Hall–Kier alpha value is -2.79. The van der Waals surface area contributed by atoms with E-state index < -0.39 is 27.7 Å². The van der Waals surface area contributed by atoms with Crippen molar-refractivity contribution in [3.8, 4) is 11.3 Å². The zero-order valence-electron chi connectivity index (χ0n) is 19.7. The van der Waals surface area contributed by atoms with Crippen molar-refractivity contribution in [1.29, 1.82) is 0 Å². The molecule has 5 nitrogen and oxygen atoms in total. The van der Waals surface area contributed by atoms with Gasteiger partial charge in [-0.1, -0.05) is 48.0 Å². The highest BCUT2D eigenvalue weighted by atomic mass is 35.5. The first-order chi connectivity index (χ1) is 17.3. The van der Waals surface area contributed by atoms with Gasteiger partial charge in [-0.25, -0.2) is 8.42 Å². The van der Waals surface area contributed by atoms with E-state index in [1.165, 1.54) is 36.7 Å². The summed E-state index contributed by atoms with van der Waals surface area (Å²) in [5.74, 6) is -0.732. The van der Waals surface area contributed by atoms with Crippen LogP contribution < -0.4 is 0 Å². The maximum Gasteiger partial charge on any atom is 0.421 e. The summed E-state index contributed by atoms with van der Waals surface area (Å²) in [6.45, 7) is 2.20. The zero-order valence-corrected chi connectivity index (χ0v) is 22.1. The quantitative estimate of drug-likeness (QED) is 0.246. The molecule has 0 aliphatic carbocycles. The third kappa shape index (κ3) is 5.57. The second-order valence-corrected chi connectivity index (χ2v) is 11.9. The Morgan fingerprint density at radius 2 is 1.86 bits per heavy atom. The molecule has 4 rings (SSSR count). The third-order valence-electron chi connectivity index (χ3n) is 6.00. The van der Waals surface area contributed by atoms with Gasteiger partial charge in [0.1, 0.15) is 0 Å². The highest BCUT2D eigenvalue weighted by Gasteiger charge is 2.51. The van der Waals surface area contributed by atoms with Crippen LogP contribution in [-0.4, -0.2) is 36.7 Å². The number of thiophene rings is 1. The van der Waals surface area contributed by atoms with Crippen LogP contribution in [0.15, 0.2) is 71.3 Å². The predicted molar refractivity (Wildman–Crippen MR) is 142 cm³/mol. The topological polar surface area (TPSA) is 79.6 Å². The molecule has 194 valence electrons. The first-order valence-electron chi connectivity index (χ1n) is 11.1. The van der Waals surface area contributed by atoms with E-state index in [-0.39, 0.29) is 17.0 Å². The van der Waals surface area contributed by atoms with Crippen molar-refractivity contribution in [3.63, 3.8) is 0 Å². The van der Waals surface area contributed by atoms with Gasteiger partial charge in [-0.15, -0.1) is 11.3 Å². The number of pyridine rings is 1. The van der Waals surface area contributed by atoms with E-state index in [4.69, 9.17) is 11.6 Å². The minimum atomic E-state index is -4.87. The van der Waals surface area contributed by atoms with Gasteiger partial charge in [0.15, 0.2) is 5.60 Å². The fourth-order valence-electron chi connectivity index (χ4n) is 3.74. The summed E-state index contributed by atoms with van der Waals surface area (Å²) in [5.41, 5.74) is -1.88. The molecule has 1 N–H and O–H groups in total. The molecule has 2 aromatic heterocycles. The smallest absolute Gasteiger partial charge is 0.376 e. The van der Waals surface area contributed by atoms with E-state index in [1.54, 1.807) is 36.4 Å². The van der Waals surface area contributed by atoms with Crippen LogP contribution in [0.25, 0.3) is 21.3 Å². The summed E-state index contributed by atoms with van der Waals surface area (Å²) in [5, 5.41) is 11.4. The number of benzene rings is 2. The van der Waals surface area contributed by atoms with Crippen LogP contribution in [-0.2, 0) is 15.6 Å². The van der Waals surface area contributed by atoms with Crippen molar-refractivity contribution in [2.24, 2.45) is 4.40 Å². The van der Waals surface area contributed by atoms with Gasteiger partial charge in [0, 0.05) is 32.6 Å². The largest absolute Gasteiger partial charge is 0.421 e. The summed E-state index contributed by atoms with van der Waals surface area (Å²) in [4.78, 5) is 5.00. The molecule has 0 spiro atoms. The molecule has 0 bridgehead atoms. The third-order valence-corrected chi connectivity index (χ3v) is 8.78. The molecular weight excluding hydrogens is 545 g/mol.